The summed E-state index contributed by atoms with van der Waals surface area (Å²) in [5.74, 6) is 0. The van der Waals surface area contributed by atoms with E-state index in [0.29, 0.717) is 13.0 Å². The Morgan fingerprint density at radius 2 is 2.12 bits per heavy atom. The van der Waals surface area contributed by atoms with Crippen LogP contribution < -0.4 is 15.9 Å². The van der Waals surface area contributed by atoms with Gasteiger partial charge in [0.2, 0.25) is 15.5 Å². The quantitative estimate of drug-likeness (QED) is 0.581. The van der Waals surface area contributed by atoms with Crippen LogP contribution in [0, 0.1) is 0 Å². The van der Waals surface area contributed by atoms with Crippen molar-refractivity contribution in [1.29, 1.82) is 0 Å². The number of nitrogens with two attached hydrogens (primary N) is 1. The molecule has 7 heteroatoms. The van der Waals surface area contributed by atoms with Crippen LogP contribution in [0.25, 0.3) is 0 Å². The van der Waals surface area contributed by atoms with Gasteiger partial charge in [-0.3, -0.25) is 4.79 Å². The van der Waals surface area contributed by atoms with E-state index in [4.69, 9.17) is 5.73 Å². The Kier molecular flexibility index (Phi) is 4.66. The lowest BCUT2D eigenvalue weighted by Crippen LogP contribution is -2.29. The lowest BCUT2D eigenvalue weighted by molar-refractivity contribution is 0.576. The van der Waals surface area contributed by atoms with Crippen LogP contribution in [0.3, 0.4) is 0 Å². The smallest absolute Gasteiger partial charge is 0.245 e. The predicted molar refractivity (Wildman–Crippen MR) is 60.5 cm³/mol. The van der Waals surface area contributed by atoms with Crippen molar-refractivity contribution < 1.29 is 8.42 Å². The van der Waals surface area contributed by atoms with Crippen molar-refractivity contribution in [1.82, 2.24) is 9.71 Å². The van der Waals surface area contributed by atoms with Gasteiger partial charge in [0.05, 0.1) is 0 Å². The van der Waals surface area contributed by atoms with Gasteiger partial charge in [-0.05, 0) is 19.4 Å². The molecule has 0 aliphatic carbocycles. The van der Waals surface area contributed by atoms with Crippen molar-refractivity contribution in [3.63, 3.8) is 0 Å². The lowest BCUT2D eigenvalue weighted by atomic mass is 10.3. The van der Waals surface area contributed by atoms with Crippen LogP contribution in [-0.4, -0.2) is 26.5 Å². The Hall–Kier alpha value is -1.18. The molecule has 0 fully saturated rings. The number of unbranched alkanes of at least 4 members (excludes halogenated alkanes) is 1. The van der Waals surface area contributed by atoms with Crippen molar-refractivity contribution in [2.24, 2.45) is 5.73 Å². The third-order valence-corrected chi connectivity index (χ3v) is 3.48. The van der Waals surface area contributed by atoms with Gasteiger partial charge in [-0.15, -0.1) is 0 Å². The summed E-state index contributed by atoms with van der Waals surface area (Å²) >= 11 is 0. The fourth-order valence-corrected chi connectivity index (χ4v) is 2.29. The zero-order valence-electron chi connectivity index (χ0n) is 8.77. The second-order valence-corrected chi connectivity index (χ2v) is 5.00. The molecule has 0 saturated carbocycles. The molecule has 0 radical (unpaired) electrons. The molecule has 0 atom stereocenters. The topological polar surface area (TPSA) is 105 Å². The summed E-state index contributed by atoms with van der Waals surface area (Å²) in [6, 6.07) is 1.18. The normalized spacial score (nSPS) is 11.6. The molecule has 0 unspecified atom stereocenters. The molecule has 0 saturated heterocycles. The van der Waals surface area contributed by atoms with Crippen LogP contribution in [-0.2, 0) is 10.0 Å². The summed E-state index contributed by atoms with van der Waals surface area (Å²) in [5.41, 5.74) is 4.76. The first-order chi connectivity index (χ1) is 7.58. The fourth-order valence-electron chi connectivity index (χ4n) is 1.16. The maximum absolute atomic E-state index is 11.7. The second-order valence-electron chi connectivity index (χ2n) is 3.27. The summed E-state index contributed by atoms with van der Waals surface area (Å²) in [7, 11) is -3.71. The molecule has 1 heterocycles. The fraction of sp³-hybridized carbons (Fsp3) is 0.444. The largest absolute Gasteiger partial charge is 0.366 e. The van der Waals surface area contributed by atoms with Crippen LogP contribution in [0.15, 0.2) is 28.2 Å². The minimum atomic E-state index is -3.71. The summed E-state index contributed by atoms with van der Waals surface area (Å²) in [6.07, 6.45) is 3.96. The number of aromatic nitrogens is 1. The van der Waals surface area contributed by atoms with Gasteiger partial charge in [0.1, 0.15) is 4.90 Å². The van der Waals surface area contributed by atoms with Crippen molar-refractivity contribution in [3.8, 4) is 0 Å². The van der Waals surface area contributed by atoms with E-state index in [-0.39, 0.29) is 11.4 Å². The summed E-state index contributed by atoms with van der Waals surface area (Å²) in [5, 5.41) is 0. The van der Waals surface area contributed by atoms with Crippen molar-refractivity contribution >= 4 is 10.0 Å². The highest BCUT2D eigenvalue weighted by molar-refractivity contribution is 7.89. The Morgan fingerprint density at radius 1 is 1.38 bits per heavy atom. The van der Waals surface area contributed by atoms with Gasteiger partial charge in [0, 0.05) is 25.0 Å². The van der Waals surface area contributed by atoms with Crippen LogP contribution in [0.2, 0.25) is 0 Å². The first kappa shape index (κ1) is 12.9. The zero-order chi connectivity index (χ0) is 12.0. The lowest BCUT2D eigenvalue weighted by Gasteiger charge is -2.04. The monoisotopic (exact) mass is 245 g/mol. The molecule has 0 aromatic carbocycles. The van der Waals surface area contributed by atoms with Gasteiger partial charge in [-0.2, -0.15) is 0 Å². The van der Waals surface area contributed by atoms with E-state index in [1.807, 2.05) is 0 Å². The number of aromatic amines is 1. The predicted octanol–water partition coefficient (Wildman–Crippen LogP) is -0.608. The molecule has 0 spiro atoms. The van der Waals surface area contributed by atoms with Crippen molar-refractivity contribution in [3.05, 3.63) is 28.7 Å². The highest BCUT2D eigenvalue weighted by Crippen LogP contribution is 1.99. The number of hydrogen-bond donors (Lipinski definition) is 3. The molecule has 16 heavy (non-hydrogen) atoms. The third-order valence-electron chi connectivity index (χ3n) is 2.00. The number of nitrogens with one attached hydrogen (secondary N) is 2. The number of H-pyrrole nitrogens is 1. The van der Waals surface area contributed by atoms with E-state index < -0.39 is 15.5 Å². The molecule has 1 aromatic heterocycles. The van der Waals surface area contributed by atoms with E-state index in [1.54, 1.807) is 0 Å². The Balaban J connectivity index is 2.72. The minimum absolute atomic E-state index is 0.261. The zero-order valence-corrected chi connectivity index (χ0v) is 9.59. The molecule has 90 valence electrons. The second kappa shape index (κ2) is 5.78. The van der Waals surface area contributed by atoms with Gasteiger partial charge >= 0.3 is 0 Å². The van der Waals surface area contributed by atoms with Gasteiger partial charge in [-0.25, -0.2) is 13.1 Å². The Bertz CT molecular complexity index is 481. The van der Waals surface area contributed by atoms with Crippen LogP contribution >= 0.6 is 0 Å². The van der Waals surface area contributed by atoms with Gasteiger partial charge in [-0.1, -0.05) is 0 Å². The summed E-state index contributed by atoms with van der Waals surface area (Å²) in [4.78, 5) is 13.6. The van der Waals surface area contributed by atoms with E-state index >= 15 is 0 Å². The molecular formula is C9H15N3O3S. The highest BCUT2D eigenvalue weighted by Gasteiger charge is 2.16. The number of hydrogen-bond acceptors (Lipinski definition) is 4. The molecule has 1 rings (SSSR count). The van der Waals surface area contributed by atoms with E-state index in [9.17, 15) is 13.2 Å². The maximum Gasteiger partial charge on any atom is 0.245 e. The van der Waals surface area contributed by atoms with Gasteiger partial charge < -0.3 is 10.7 Å². The Morgan fingerprint density at radius 3 is 2.75 bits per heavy atom. The molecule has 0 aliphatic heterocycles. The SMILES string of the molecule is NCCCCNS(=O)(=O)c1c[nH]ccc1=O. The van der Waals surface area contributed by atoms with Crippen LogP contribution in [0.4, 0.5) is 0 Å². The van der Waals surface area contributed by atoms with Crippen LogP contribution in [0.5, 0.6) is 0 Å². The minimum Gasteiger partial charge on any atom is -0.366 e. The Labute approximate surface area is 93.9 Å². The van der Waals surface area contributed by atoms with Crippen LogP contribution in [0.1, 0.15) is 12.8 Å². The average molecular weight is 245 g/mol. The van der Waals surface area contributed by atoms with Crippen molar-refractivity contribution in [2.45, 2.75) is 17.7 Å². The first-order valence-corrected chi connectivity index (χ1v) is 6.43. The number of pyridine rings is 1. The molecule has 4 N–H and O–H groups in total. The molecule has 0 bridgehead atoms. The van der Waals surface area contributed by atoms with Gasteiger partial charge in [0.15, 0.2) is 0 Å². The summed E-state index contributed by atoms with van der Waals surface area (Å²) in [6.45, 7) is 0.807. The average Bonchev–Trinajstić information content (AvgIpc) is 2.25. The van der Waals surface area contributed by atoms with E-state index in [0.717, 1.165) is 6.42 Å². The van der Waals surface area contributed by atoms with E-state index in [2.05, 4.69) is 9.71 Å². The molecule has 6 nitrogen and oxygen atoms in total. The van der Waals surface area contributed by atoms with E-state index in [1.165, 1.54) is 18.5 Å². The number of rotatable bonds is 6. The molecular weight excluding hydrogens is 230 g/mol. The highest BCUT2D eigenvalue weighted by atomic mass is 32.2. The molecule has 1 aromatic rings. The summed E-state index contributed by atoms with van der Waals surface area (Å²) < 4.78 is 25.7. The van der Waals surface area contributed by atoms with Gasteiger partial charge in [0.25, 0.3) is 0 Å². The number of sulfonamides is 1. The first-order valence-electron chi connectivity index (χ1n) is 4.95. The molecule has 0 aliphatic rings. The standard InChI is InChI=1S/C9H15N3O3S/c10-4-1-2-5-12-16(14,15)9-7-11-6-3-8(9)13/h3,6-7,12H,1-2,4-5,10H2,(H,11,13). The maximum atomic E-state index is 11.7. The van der Waals surface area contributed by atoms with Crippen molar-refractivity contribution in [2.75, 3.05) is 13.1 Å². The third kappa shape index (κ3) is 3.44. The molecule has 0 amide bonds.